The lowest BCUT2D eigenvalue weighted by atomic mass is 9.84. The lowest BCUT2D eigenvalue weighted by molar-refractivity contribution is -0.121. The summed E-state index contributed by atoms with van der Waals surface area (Å²) in [7, 11) is 1.89. The van der Waals surface area contributed by atoms with Gasteiger partial charge in [-0.1, -0.05) is 19.9 Å². The van der Waals surface area contributed by atoms with E-state index in [0.717, 1.165) is 30.0 Å². The number of hydrogen-bond donors (Lipinski definition) is 2. The van der Waals surface area contributed by atoms with Crippen LogP contribution < -0.4 is 20.1 Å². The summed E-state index contributed by atoms with van der Waals surface area (Å²) in [5.74, 6) is 1.68. The average molecular weight is 343 g/mol. The van der Waals surface area contributed by atoms with Crippen molar-refractivity contribution in [1.29, 1.82) is 0 Å². The molecule has 2 N–H and O–H groups in total. The number of benzene rings is 1. The number of amides is 1. The van der Waals surface area contributed by atoms with Gasteiger partial charge in [0.25, 0.3) is 0 Å². The van der Waals surface area contributed by atoms with E-state index in [9.17, 15) is 4.79 Å². The molecule has 0 bridgehead atoms. The molecule has 5 nitrogen and oxygen atoms in total. The van der Waals surface area contributed by atoms with Crippen LogP contribution in [0.25, 0.3) is 0 Å². The number of hydrogen-bond acceptors (Lipinski definition) is 4. The fourth-order valence-electron chi connectivity index (χ4n) is 2.40. The number of carbonyl (C=O) groups is 1. The normalized spacial score (nSPS) is 13.2. The van der Waals surface area contributed by atoms with Crippen LogP contribution in [0.1, 0.15) is 32.3 Å². The topological polar surface area (TPSA) is 59.6 Å². The highest BCUT2D eigenvalue weighted by molar-refractivity contribution is 5.85. The van der Waals surface area contributed by atoms with Gasteiger partial charge in [-0.15, -0.1) is 12.4 Å². The van der Waals surface area contributed by atoms with Crippen LogP contribution in [0.4, 0.5) is 0 Å². The molecule has 0 atom stereocenters. The van der Waals surface area contributed by atoms with Gasteiger partial charge in [0.05, 0.1) is 0 Å². The van der Waals surface area contributed by atoms with E-state index in [1.807, 2.05) is 25.2 Å². The summed E-state index contributed by atoms with van der Waals surface area (Å²) in [6.45, 7) is 6.88. The second kappa shape index (κ2) is 8.99. The van der Waals surface area contributed by atoms with E-state index >= 15 is 0 Å². The van der Waals surface area contributed by atoms with E-state index < -0.39 is 0 Å². The molecule has 1 aromatic rings. The predicted octanol–water partition coefficient (Wildman–Crippen LogP) is 2.27. The molecule has 1 aliphatic rings. The van der Waals surface area contributed by atoms with Crippen molar-refractivity contribution in [3.8, 4) is 11.5 Å². The van der Waals surface area contributed by atoms with Gasteiger partial charge in [-0.05, 0) is 37.7 Å². The SMILES string of the molecule is CNCCCC(=O)NCC(C)(C)c1ccc2c(c1)OCCO2.Cl. The smallest absolute Gasteiger partial charge is 0.220 e. The quantitative estimate of drug-likeness (QED) is 0.746. The average Bonchev–Trinajstić information content (AvgIpc) is 2.53. The minimum Gasteiger partial charge on any atom is -0.486 e. The molecule has 0 aromatic heterocycles. The molecule has 130 valence electrons. The highest BCUT2D eigenvalue weighted by Crippen LogP contribution is 2.34. The summed E-state index contributed by atoms with van der Waals surface area (Å²) in [6, 6.07) is 6.00. The minimum absolute atomic E-state index is 0. The molecule has 1 aliphatic heterocycles. The third-order valence-electron chi connectivity index (χ3n) is 3.88. The Hall–Kier alpha value is -1.46. The van der Waals surface area contributed by atoms with Crippen LogP contribution in [-0.4, -0.2) is 39.3 Å². The van der Waals surface area contributed by atoms with Crippen LogP contribution in [0.5, 0.6) is 11.5 Å². The van der Waals surface area contributed by atoms with Crippen molar-refractivity contribution in [1.82, 2.24) is 10.6 Å². The summed E-state index contributed by atoms with van der Waals surface area (Å²) >= 11 is 0. The van der Waals surface area contributed by atoms with Gasteiger partial charge in [0, 0.05) is 18.4 Å². The molecule has 0 aliphatic carbocycles. The third-order valence-corrected chi connectivity index (χ3v) is 3.88. The summed E-state index contributed by atoms with van der Waals surface area (Å²) in [4.78, 5) is 11.8. The Balaban J connectivity index is 0.00000264. The lowest BCUT2D eigenvalue weighted by Gasteiger charge is -2.27. The second-order valence-electron chi connectivity index (χ2n) is 6.23. The van der Waals surface area contributed by atoms with Gasteiger partial charge >= 0.3 is 0 Å². The van der Waals surface area contributed by atoms with E-state index in [1.165, 1.54) is 0 Å². The predicted molar refractivity (Wildman–Crippen MR) is 93.9 cm³/mol. The van der Waals surface area contributed by atoms with Crippen molar-refractivity contribution in [2.24, 2.45) is 0 Å². The van der Waals surface area contributed by atoms with Gasteiger partial charge in [0.15, 0.2) is 11.5 Å². The first-order valence-corrected chi connectivity index (χ1v) is 7.84. The molecular weight excluding hydrogens is 316 g/mol. The molecule has 1 heterocycles. The number of fused-ring (bicyclic) bond motifs is 1. The maximum absolute atomic E-state index is 11.8. The minimum atomic E-state index is -0.158. The molecule has 0 fully saturated rings. The Morgan fingerprint density at radius 1 is 1.22 bits per heavy atom. The van der Waals surface area contributed by atoms with Gasteiger partial charge in [-0.25, -0.2) is 0 Å². The van der Waals surface area contributed by atoms with Gasteiger partial charge in [0.1, 0.15) is 13.2 Å². The molecule has 2 rings (SSSR count). The van der Waals surface area contributed by atoms with Crippen LogP contribution in [0.2, 0.25) is 0 Å². The first kappa shape index (κ1) is 19.6. The first-order chi connectivity index (χ1) is 10.5. The zero-order valence-electron chi connectivity index (χ0n) is 14.1. The maximum Gasteiger partial charge on any atom is 0.220 e. The summed E-state index contributed by atoms with van der Waals surface area (Å²) in [6.07, 6.45) is 1.41. The third kappa shape index (κ3) is 5.59. The van der Waals surface area contributed by atoms with E-state index in [-0.39, 0.29) is 23.7 Å². The van der Waals surface area contributed by atoms with Crippen LogP contribution in [0.15, 0.2) is 18.2 Å². The number of carbonyl (C=O) groups excluding carboxylic acids is 1. The summed E-state index contributed by atoms with van der Waals surface area (Å²) in [5.41, 5.74) is 0.974. The van der Waals surface area contributed by atoms with Crippen LogP contribution >= 0.6 is 12.4 Å². The fourth-order valence-corrected chi connectivity index (χ4v) is 2.40. The number of nitrogens with one attached hydrogen (secondary N) is 2. The van der Waals surface area contributed by atoms with Crippen molar-refractivity contribution in [2.75, 3.05) is 33.4 Å². The standard InChI is InChI=1S/C17H26N2O3.ClH/c1-17(2,12-19-16(20)5-4-8-18-3)13-6-7-14-15(11-13)22-10-9-21-14;/h6-7,11,18H,4-5,8-10,12H2,1-3H3,(H,19,20);1H. The summed E-state index contributed by atoms with van der Waals surface area (Å²) in [5, 5.41) is 6.07. The van der Waals surface area contributed by atoms with E-state index in [4.69, 9.17) is 9.47 Å². The molecule has 1 amide bonds. The van der Waals surface area contributed by atoms with Crippen molar-refractivity contribution in [2.45, 2.75) is 32.1 Å². The fraction of sp³-hybridized carbons (Fsp3) is 0.588. The molecule has 23 heavy (non-hydrogen) atoms. The largest absolute Gasteiger partial charge is 0.486 e. The maximum atomic E-state index is 11.8. The zero-order valence-corrected chi connectivity index (χ0v) is 14.9. The molecule has 1 aromatic carbocycles. The van der Waals surface area contributed by atoms with Crippen LogP contribution in [0.3, 0.4) is 0 Å². The molecule has 0 spiro atoms. The van der Waals surface area contributed by atoms with Crippen LogP contribution in [-0.2, 0) is 10.2 Å². The summed E-state index contributed by atoms with van der Waals surface area (Å²) < 4.78 is 11.2. The number of rotatable bonds is 7. The zero-order chi connectivity index (χ0) is 16.0. The second-order valence-corrected chi connectivity index (χ2v) is 6.23. The molecular formula is C17H27ClN2O3. The Morgan fingerprint density at radius 2 is 1.91 bits per heavy atom. The van der Waals surface area contributed by atoms with Gasteiger partial charge in [-0.2, -0.15) is 0 Å². The molecule has 0 unspecified atom stereocenters. The molecule has 6 heteroatoms. The molecule has 0 radical (unpaired) electrons. The van der Waals surface area contributed by atoms with Crippen molar-refractivity contribution in [3.05, 3.63) is 23.8 Å². The van der Waals surface area contributed by atoms with Crippen molar-refractivity contribution in [3.63, 3.8) is 0 Å². The Morgan fingerprint density at radius 3 is 2.61 bits per heavy atom. The van der Waals surface area contributed by atoms with Crippen LogP contribution in [0, 0.1) is 0 Å². The number of ether oxygens (including phenoxy) is 2. The van der Waals surface area contributed by atoms with Gasteiger partial charge in [0.2, 0.25) is 5.91 Å². The van der Waals surface area contributed by atoms with Gasteiger partial charge in [-0.3, -0.25) is 4.79 Å². The highest BCUT2D eigenvalue weighted by atomic mass is 35.5. The van der Waals surface area contributed by atoms with E-state index in [0.29, 0.717) is 26.2 Å². The molecule has 0 saturated carbocycles. The Bertz CT molecular complexity index is 521. The van der Waals surface area contributed by atoms with Crippen molar-refractivity contribution < 1.29 is 14.3 Å². The Labute approximate surface area is 144 Å². The van der Waals surface area contributed by atoms with E-state index in [1.54, 1.807) is 0 Å². The number of halogens is 1. The van der Waals surface area contributed by atoms with Gasteiger partial charge < -0.3 is 20.1 Å². The lowest BCUT2D eigenvalue weighted by Crippen LogP contribution is -2.36. The Kier molecular flexibility index (Phi) is 7.65. The monoisotopic (exact) mass is 342 g/mol. The molecule has 0 saturated heterocycles. The van der Waals surface area contributed by atoms with Crippen molar-refractivity contribution >= 4 is 18.3 Å². The highest BCUT2D eigenvalue weighted by Gasteiger charge is 2.24. The first-order valence-electron chi connectivity index (χ1n) is 7.84. The van der Waals surface area contributed by atoms with E-state index in [2.05, 4.69) is 24.5 Å².